The Bertz CT molecular complexity index is 1020. The van der Waals surface area contributed by atoms with Crippen molar-refractivity contribution < 1.29 is 17.9 Å². The average Bonchev–Trinajstić information content (AvgIpc) is 2.67. The topological polar surface area (TPSA) is 75.7 Å². The van der Waals surface area contributed by atoms with Crippen LogP contribution >= 0.6 is 11.6 Å². The van der Waals surface area contributed by atoms with Gasteiger partial charge in [-0.1, -0.05) is 36.7 Å². The maximum absolute atomic E-state index is 13.0. The van der Waals surface area contributed by atoms with Gasteiger partial charge in [0.1, 0.15) is 11.8 Å². The monoisotopic (exact) mass is 452 g/mol. The number of benzene rings is 2. The molecule has 0 saturated carbocycles. The number of nitrogens with zero attached hydrogens (tertiary/aromatic N) is 1. The van der Waals surface area contributed by atoms with Gasteiger partial charge >= 0.3 is 0 Å². The van der Waals surface area contributed by atoms with Gasteiger partial charge in [0.15, 0.2) is 0 Å². The SMILES string of the molecule is CC[C@@H](NC(=O)[C@@H](C)N(c1ccc(C)c(Cl)c1)S(C)(=O)=O)c1ccc(OC)c(C)c1. The van der Waals surface area contributed by atoms with Crippen molar-refractivity contribution in [2.75, 3.05) is 17.7 Å². The second kappa shape index (κ2) is 9.71. The molecule has 0 radical (unpaired) electrons. The molecule has 0 bridgehead atoms. The summed E-state index contributed by atoms with van der Waals surface area (Å²) in [4.78, 5) is 13.0. The van der Waals surface area contributed by atoms with E-state index in [2.05, 4.69) is 5.32 Å². The molecule has 0 heterocycles. The predicted molar refractivity (Wildman–Crippen MR) is 122 cm³/mol. The van der Waals surface area contributed by atoms with Crippen molar-refractivity contribution in [3.05, 3.63) is 58.1 Å². The Balaban J connectivity index is 2.31. The molecule has 2 rings (SSSR count). The standard InChI is InChI=1S/C22H29ClN2O4S/c1-7-20(17-9-11-21(29-5)15(3)12-17)24-22(26)16(4)25(30(6,27)28)18-10-8-14(2)19(23)13-18/h8-13,16,20H,7H2,1-6H3,(H,24,26)/t16-,20-/m1/s1. The third-order valence-electron chi connectivity index (χ3n) is 5.04. The van der Waals surface area contributed by atoms with Gasteiger partial charge in [0.2, 0.25) is 15.9 Å². The number of anilines is 1. The van der Waals surface area contributed by atoms with Crippen LogP contribution in [0.3, 0.4) is 0 Å². The molecule has 6 nitrogen and oxygen atoms in total. The summed E-state index contributed by atoms with van der Waals surface area (Å²) in [6.07, 6.45) is 1.73. The van der Waals surface area contributed by atoms with E-state index in [1.807, 2.05) is 39.0 Å². The Kier molecular flexibility index (Phi) is 7.77. The van der Waals surface area contributed by atoms with Crippen molar-refractivity contribution in [3.63, 3.8) is 0 Å². The van der Waals surface area contributed by atoms with E-state index in [1.54, 1.807) is 32.2 Å². The van der Waals surface area contributed by atoms with Gasteiger partial charge in [0, 0.05) is 5.02 Å². The number of sulfonamides is 1. The number of hydrogen-bond acceptors (Lipinski definition) is 4. The summed E-state index contributed by atoms with van der Waals surface area (Å²) in [5.41, 5.74) is 3.07. The molecular formula is C22H29ClN2O4S. The molecule has 2 aromatic rings. The highest BCUT2D eigenvalue weighted by Gasteiger charge is 2.30. The molecular weight excluding hydrogens is 424 g/mol. The Labute approximate surface area is 184 Å². The molecule has 0 saturated heterocycles. The van der Waals surface area contributed by atoms with Gasteiger partial charge in [0.25, 0.3) is 0 Å². The first-order valence-electron chi connectivity index (χ1n) is 9.70. The zero-order valence-corrected chi connectivity index (χ0v) is 19.8. The number of methoxy groups -OCH3 is 1. The molecule has 1 N–H and O–H groups in total. The zero-order chi connectivity index (χ0) is 22.6. The molecule has 8 heteroatoms. The summed E-state index contributed by atoms with van der Waals surface area (Å²) in [7, 11) is -2.11. The first-order valence-corrected chi connectivity index (χ1v) is 11.9. The van der Waals surface area contributed by atoms with Crippen molar-refractivity contribution in [3.8, 4) is 5.75 Å². The fourth-order valence-electron chi connectivity index (χ4n) is 3.36. The minimum Gasteiger partial charge on any atom is -0.496 e. The lowest BCUT2D eigenvalue weighted by molar-refractivity contribution is -0.122. The van der Waals surface area contributed by atoms with E-state index >= 15 is 0 Å². The molecule has 0 aliphatic heterocycles. The Hall–Kier alpha value is -2.25. The van der Waals surface area contributed by atoms with Gasteiger partial charge in [0.05, 0.1) is 25.1 Å². The highest BCUT2D eigenvalue weighted by molar-refractivity contribution is 7.92. The van der Waals surface area contributed by atoms with Crippen LogP contribution in [0.2, 0.25) is 5.02 Å². The lowest BCUT2D eigenvalue weighted by atomic mass is 10.0. The van der Waals surface area contributed by atoms with Crippen molar-refractivity contribution >= 4 is 33.2 Å². The van der Waals surface area contributed by atoms with E-state index in [0.29, 0.717) is 17.1 Å². The number of nitrogens with one attached hydrogen (secondary N) is 1. The highest BCUT2D eigenvalue weighted by atomic mass is 35.5. The highest BCUT2D eigenvalue weighted by Crippen LogP contribution is 2.28. The van der Waals surface area contributed by atoms with Crippen LogP contribution in [0.4, 0.5) is 5.69 Å². The maximum Gasteiger partial charge on any atom is 0.244 e. The van der Waals surface area contributed by atoms with E-state index in [9.17, 15) is 13.2 Å². The quantitative estimate of drug-likeness (QED) is 0.644. The number of carbonyl (C=O) groups is 1. The van der Waals surface area contributed by atoms with E-state index in [0.717, 1.165) is 33.0 Å². The van der Waals surface area contributed by atoms with Crippen LogP contribution < -0.4 is 14.4 Å². The van der Waals surface area contributed by atoms with Gasteiger partial charge in [-0.25, -0.2) is 8.42 Å². The molecule has 0 aliphatic rings. The summed E-state index contributed by atoms with van der Waals surface area (Å²) >= 11 is 6.19. The Morgan fingerprint density at radius 3 is 2.33 bits per heavy atom. The molecule has 0 aliphatic carbocycles. The second-order valence-electron chi connectivity index (χ2n) is 7.37. The van der Waals surface area contributed by atoms with Gasteiger partial charge in [-0.3, -0.25) is 9.10 Å². The molecule has 2 aromatic carbocycles. The lowest BCUT2D eigenvalue weighted by Crippen LogP contribution is -2.48. The van der Waals surface area contributed by atoms with Crippen molar-refractivity contribution in [2.24, 2.45) is 0 Å². The molecule has 1 amide bonds. The van der Waals surface area contributed by atoms with Crippen molar-refractivity contribution in [1.82, 2.24) is 5.32 Å². The predicted octanol–water partition coefficient (Wildman–Crippen LogP) is 4.39. The molecule has 0 unspecified atom stereocenters. The van der Waals surface area contributed by atoms with Gasteiger partial charge in [-0.15, -0.1) is 0 Å². The Morgan fingerprint density at radius 1 is 1.17 bits per heavy atom. The summed E-state index contributed by atoms with van der Waals surface area (Å²) in [5, 5.41) is 3.42. The molecule has 0 fully saturated rings. The largest absolute Gasteiger partial charge is 0.496 e. The van der Waals surface area contributed by atoms with E-state index in [-0.39, 0.29) is 6.04 Å². The number of amides is 1. The van der Waals surface area contributed by atoms with Gasteiger partial charge in [-0.2, -0.15) is 0 Å². The van der Waals surface area contributed by atoms with Crippen molar-refractivity contribution in [1.29, 1.82) is 0 Å². The summed E-state index contributed by atoms with van der Waals surface area (Å²) in [6, 6.07) is 9.46. The zero-order valence-electron chi connectivity index (χ0n) is 18.2. The normalized spacial score (nSPS) is 13.4. The van der Waals surface area contributed by atoms with Gasteiger partial charge in [-0.05, 0) is 62.1 Å². The minimum atomic E-state index is -3.72. The number of ether oxygens (including phenoxy) is 1. The third kappa shape index (κ3) is 5.46. The minimum absolute atomic E-state index is 0.257. The molecule has 2 atom stereocenters. The number of hydrogen-bond donors (Lipinski definition) is 1. The number of carbonyl (C=O) groups excluding carboxylic acids is 1. The van der Waals surface area contributed by atoms with E-state index in [4.69, 9.17) is 16.3 Å². The smallest absolute Gasteiger partial charge is 0.244 e. The maximum atomic E-state index is 13.0. The van der Waals surface area contributed by atoms with Crippen LogP contribution in [-0.2, 0) is 14.8 Å². The summed E-state index contributed by atoms with van der Waals surface area (Å²) in [6.45, 7) is 7.29. The second-order valence-corrected chi connectivity index (χ2v) is 9.63. The fraction of sp³-hybridized carbons (Fsp3) is 0.409. The van der Waals surface area contributed by atoms with Crippen LogP contribution in [0.25, 0.3) is 0 Å². The van der Waals surface area contributed by atoms with Crippen molar-refractivity contribution in [2.45, 2.75) is 46.2 Å². The first-order chi connectivity index (χ1) is 14.0. The molecule has 0 aromatic heterocycles. The first kappa shape index (κ1) is 24.0. The molecule has 164 valence electrons. The Morgan fingerprint density at radius 2 is 1.83 bits per heavy atom. The summed E-state index contributed by atoms with van der Waals surface area (Å²) < 4.78 is 31.4. The van der Waals surface area contributed by atoms with Crippen LogP contribution in [0.5, 0.6) is 5.75 Å². The summed E-state index contributed by atoms with van der Waals surface area (Å²) in [5.74, 6) is 0.380. The fourth-order valence-corrected chi connectivity index (χ4v) is 4.70. The van der Waals surface area contributed by atoms with E-state index in [1.165, 1.54) is 0 Å². The number of aryl methyl sites for hydroxylation is 2. The third-order valence-corrected chi connectivity index (χ3v) is 6.69. The van der Waals surface area contributed by atoms with Crippen LogP contribution in [-0.4, -0.2) is 33.7 Å². The van der Waals surface area contributed by atoms with Crippen LogP contribution in [0, 0.1) is 13.8 Å². The molecule has 0 spiro atoms. The average molecular weight is 453 g/mol. The number of rotatable bonds is 8. The van der Waals surface area contributed by atoms with Gasteiger partial charge < -0.3 is 10.1 Å². The van der Waals surface area contributed by atoms with Crippen LogP contribution in [0.15, 0.2) is 36.4 Å². The van der Waals surface area contributed by atoms with E-state index < -0.39 is 22.0 Å². The lowest BCUT2D eigenvalue weighted by Gasteiger charge is -2.30. The van der Waals surface area contributed by atoms with Crippen LogP contribution in [0.1, 0.15) is 43.0 Å². The molecule has 30 heavy (non-hydrogen) atoms. The number of halogens is 1.